The number of nitrogens with zero attached hydrogens (tertiary/aromatic N) is 4. The fraction of sp³-hybridized carbons (Fsp3) is 0.478. The van der Waals surface area contributed by atoms with Gasteiger partial charge in [-0.1, -0.05) is 10.5 Å². The van der Waals surface area contributed by atoms with Crippen LogP contribution in [0.1, 0.15) is 43.4 Å². The van der Waals surface area contributed by atoms with Crippen molar-refractivity contribution in [2.24, 2.45) is 4.99 Å². The maximum atomic E-state index is 15.3. The number of rotatable bonds is 6. The molecule has 1 unspecified atom stereocenters. The molecule has 41 heavy (non-hydrogen) atoms. The first-order valence-electron chi connectivity index (χ1n) is 12.0. The van der Waals surface area contributed by atoms with E-state index in [1.807, 2.05) is 0 Å². The lowest BCUT2D eigenvalue weighted by molar-refractivity contribution is -0.0148. The van der Waals surface area contributed by atoms with E-state index in [1.165, 1.54) is 20.8 Å². The molecule has 0 bridgehead atoms. The van der Waals surface area contributed by atoms with E-state index >= 15 is 4.39 Å². The number of ether oxygens (including phenoxy) is 1. The van der Waals surface area contributed by atoms with E-state index in [0.29, 0.717) is 0 Å². The first-order valence-corrected chi connectivity index (χ1v) is 13.6. The Morgan fingerprint density at radius 1 is 1.20 bits per heavy atom. The van der Waals surface area contributed by atoms with Crippen LogP contribution in [0.2, 0.25) is 0 Å². The van der Waals surface area contributed by atoms with Gasteiger partial charge in [-0.3, -0.25) is 19.8 Å². The molecule has 3 atom stereocenters. The Balaban J connectivity index is 1.72. The molecule has 5 N–H and O–H groups in total. The second-order valence-corrected chi connectivity index (χ2v) is 13.1. The van der Waals surface area contributed by atoms with E-state index in [0.717, 1.165) is 24.5 Å². The largest absolute Gasteiger partial charge is 0.470 e. The van der Waals surface area contributed by atoms with Crippen LogP contribution in [-0.2, 0) is 5.54 Å². The van der Waals surface area contributed by atoms with E-state index in [2.05, 4.69) is 35.3 Å². The van der Waals surface area contributed by atoms with Crippen molar-refractivity contribution < 1.29 is 45.9 Å². The third-order valence-electron chi connectivity index (χ3n) is 6.78. The van der Waals surface area contributed by atoms with E-state index in [1.54, 1.807) is 0 Å². The van der Waals surface area contributed by atoms with Gasteiger partial charge >= 0.3 is 6.09 Å². The lowest BCUT2D eigenvalue weighted by atomic mass is 9.88. The maximum Gasteiger partial charge on any atom is 0.410 e. The summed E-state index contributed by atoms with van der Waals surface area (Å²) in [5.41, 5.74) is -2.84. The van der Waals surface area contributed by atoms with Crippen molar-refractivity contribution in [3.05, 3.63) is 41.7 Å². The molecule has 2 aromatic rings. The van der Waals surface area contributed by atoms with Gasteiger partial charge in [0.2, 0.25) is 5.88 Å². The molecule has 2 aromatic heterocycles. The maximum absolute atomic E-state index is 15.3. The predicted octanol–water partition coefficient (Wildman–Crippen LogP) is 3.77. The van der Waals surface area contributed by atoms with Gasteiger partial charge in [-0.15, -0.1) is 0 Å². The monoisotopic (exact) mass is 607 g/mol. The first-order chi connectivity index (χ1) is 19.0. The minimum Gasteiger partial charge on any atom is -0.470 e. The van der Waals surface area contributed by atoms with E-state index in [-0.39, 0.29) is 23.2 Å². The van der Waals surface area contributed by atoms with E-state index in [4.69, 9.17) is 4.74 Å². The number of hydrogen-bond acceptors (Lipinski definition) is 9. The minimum atomic E-state index is -3.35. The molecule has 224 valence electrons. The molecule has 2 aliphatic rings. The Labute approximate surface area is 231 Å². The van der Waals surface area contributed by atoms with Crippen LogP contribution in [0.25, 0.3) is 0 Å². The third-order valence-corrected chi connectivity index (χ3v) is 10.6. The minimum absolute atomic E-state index is 0.255. The summed E-state index contributed by atoms with van der Waals surface area (Å²) < 4.78 is 86.8. The quantitative estimate of drug-likeness (QED) is 0.307. The van der Waals surface area contributed by atoms with Crippen molar-refractivity contribution in [2.45, 2.75) is 55.1 Å². The summed E-state index contributed by atoms with van der Waals surface area (Å²) in [4.78, 5) is 40.2. The number of alkyl halides is 4. The third kappa shape index (κ3) is 5.76. The van der Waals surface area contributed by atoms with Crippen molar-refractivity contribution in [3.8, 4) is 5.88 Å². The zero-order chi connectivity index (χ0) is 30.4. The van der Waals surface area contributed by atoms with Crippen LogP contribution in [0.5, 0.6) is 5.88 Å². The first kappa shape index (κ1) is 30.3. The smallest absolute Gasteiger partial charge is 0.410 e. The Morgan fingerprint density at radius 2 is 1.90 bits per heavy atom. The van der Waals surface area contributed by atoms with Crippen LogP contribution in [0.15, 0.2) is 29.5 Å². The van der Waals surface area contributed by atoms with Gasteiger partial charge in [0.05, 0.1) is 28.9 Å². The molecule has 1 saturated heterocycles. The number of aliphatic imine (C=N–C) groups is 1. The molecule has 2 amide bonds. The molecule has 0 aliphatic carbocycles. The van der Waals surface area contributed by atoms with Crippen LogP contribution in [-0.4, -0.2) is 77.9 Å². The number of anilines is 1. The average Bonchev–Trinajstić information content (AvgIpc) is 2.88. The highest BCUT2D eigenvalue weighted by molar-refractivity contribution is 8.29. The molecule has 1 fully saturated rings. The lowest BCUT2D eigenvalue weighted by Gasteiger charge is -2.62. The molecule has 0 spiro atoms. The summed E-state index contributed by atoms with van der Waals surface area (Å²) in [7, 11) is -3.35. The van der Waals surface area contributed by atoms with Crippen molar-refractivity contribution in [1.82, 2.24) is 25.0 Å². The number of amidine groups is 1. The molecule has 0 radical (unpaired) electrons. The number of amides is 2. The van der Waals surface area contributed by atoms with Gasteiger partial charge in [0, 0.05) is 6.42 Å². The van der Waals surface area contributed by atoms with E-state index in [9.17, 15) is 36.8 Å². The van der Waals surface area contributed by atoms with Gasteiger partial charge in [-0.05, 0) is 32.9 Å². The molecule has 12 nitrogen and oxygen atoms in total. The Hall–Kier alpha value is -3.64. The van der Waals surface area contributed by atoms with Crippen LogP contribution >= 0.6 is 10.5 Å². The number of fused-ring (bicyclic) bond motifs is 1. The summed E-state index contributed by atoms with van der Waals surface area (Å²) in [5, 5.41) is 12.4. The SMILES string of the molecule is CC1(C)C(NC(=O)O)=N[C@](C)(c2nc(NC(=O)c3cnc(OCC(F)F)cn3)ccc2F)[C@H]2CC(F)(F)CNS21O. The summed E-state index contributed by atoms with van der Waals surface area (Å²) in [6.07, 6.45) is -3.31. The van der Waals surface area contributed by atoms with Gasteiger partial charge in [-0.25, -0.2) is 41.7 Å². The average molecular weight is 608 g/mol. The highest BCUT2D eigenvalue weighted by Crippen LogP contribution is 2.68. The molecule has 18 heteroatoms. The number of pyridine rings is 1. The summed E-state index contributed by atoms with van der Waals surface area (Å²) in [5.74, 6) is -6.02. The second-order valence-electron chi connectivity index (χ2n) is 9.97. The van der Waals surface area contributed by atoms with Gasteiger partial charge < -0.3 is 19.7 Å². The highest BCUT2D eigenvalue weighted by atomic mass is 32.3. The zero-order valence-electron chi connectivity index (χ0n) is 21.8. The zero-order valence-corrected chi connectivity index (χ0v) is 22.6. The van der Waals surface area contributed by atoms with Gasteiger partial charge in [0.25, 0.3) is 18.3 Å². The summed E-state index contributed by atoms with van der Waals surface area (Å²) >= 11 is 0. The number of carbonyl (C=O) groups excluding carboxylic acids is 1. The van der Waals surface area contributed by atoms with Crippen molar-refractivity contribution >= 4 is 34.1 Å². The number of carbonyl (C=O) groups is 2. The summed E-state index contributed by atoms with van der Waals surface area (Å²) in [6.45, 7) is 2.30. The fourth-order valence-electron chi connectivity index (χ4n) is 4.62. The van der Waals surface area contributed by atoms with Crippen LogP contribution in [0.3, 0.4) is 0 Å². The number of nitrogens with one attached hydrogen (secondary N) is 3. The summed E-state index contributed by atoms with van der Waals surface area (Å²) in [6, 6.07) is 1.98. The Bertz CT molecular complexity index is 1380. The van der Waals surface area contributed by atoms with Gasteiger partial charge in [0.1, 0.15) is 34.4 Å². The fourth-order valence-corrected chi connectivity index (χ4v) is 8.03. The van der Waals surface area contributed by atoms with Crippen molar-refractivity contribution in [2.75, 3.05) is 18.5 Å². The molecule has 2 aliphatic heterocycles. The standard InChI is InChI=1S/C23H26F5N7O5S/c1-21(2)19(34-20(37)38)35-22(3,13-6-23(27,28)10-31-41(13,21)39)17-11(24)4-5-15(32-17)33-18(36)12-7-30-16(8-29-12)40-9-14(25)26/h4-5,7-8,13-14,31,39H,6,9-10H2,1-3H3,(H,34,35)(H,37,38)(H,32,33,36)/t13-,22+/m1/s1. The predicted molar refractivity (Wildman–Crippen MR) is 137 cm³/mol. The molecule has 0 aromatic carbocycles. The number of carboxylic acid groups (broad SMARTS) is 1. The molecular weight excluding hydrogens is 581 g/mol. The highest BCUT2D eigenvalue weighted by Gasteiger charge is 2.64. The molecule has 4 rings (SSSR count). The lowest BCUT2D eigenvalue weighted by Crippen LogP contribution is -2.66. The molecule has 0 saturated carbocycles. The van der Waals surface area contributed by atoms with Crippen molar-refractivity contribution in [3.63, 3.8) is 0 Å². The Morgan fingerprint density at radius 3 is 2.51 bits per heavy atom. The topological polar surface area (TPSA) is 171 Å². The normalized spacial score (nSPS) is 28.0. The van der Waals surface area contributed by atoms with Gasteiger partial charge in [0.15, 0.2) is 6.61 Å². The Kier molecular flexibility index (Phi) is 7.87. The van der Waals surface area contributed by atoms with Crippen LogP contribution in [0.4, 0.5) is 32.6 Å². The van der Waals surface area contributed by atoms with Gasteiger partial charge in [-0.2, -0.15) is 0 Å². The number of hydrogen-bond donors (Lipinski definition) is 5. The van der Waals surface area contributed by atoms with E-state index < -0.39 is 81.5 Å². The number of halogens is 5. The van der Waals surface area contributed by atoms with Crippen LogP contribution < -0.4 is 20.1 Å². The van der Waals surface area contributed by atoms with Crippen LogP contribution in [0, 0.1) is 5.82 Å². The molecule has 4 heterocycles. The van der Waals surface area contributed by atoms with Crippen molar-refractivity contribution in [1.29, 1.82) is 0 Å². The molecular formula is C23H26F5N7O5S. The number of aromatic nitrogens is 3. The second kappa shape index (κ2) is 10.6.